The number of carboxylic acid groups (broad SMARTS) is 2. The number of ether oxygens (including phenoxy) is 4. The van der Waals surface area contributed by atoms with Crippen molar-refractivity contribution in [3.05, 3.63) is 194 Å². The number of pyridine rings is 1. The van der Waals surface area contributed by atoms with Crippen molar-refractivity contribution >= 4 is 22.8 Å². The van der Waals surface area contributed by atoms with Crippen molar-refractivity contribution in [3.8, 4) is 17.2 Å². The molecular formula is C54H73N3O8. The lowest BCUT2D eigenvalue weighted by molar-refractivity contribution is -0.139. The first-order chi connectivity index (χ1) is 31.4. The van der Waals surface area contributed by atoms with Gasteiger partial charge in [-0.25, -0.2) is 9.78 Å². The van der Waals surface area contributed by atoms with Gasteiger partial charge in [-0.05, 0) is 119 Å². The highest BCUT2D eigenvalue weighted by Crippen LogP contribution is 2.21. The summed E-state index contributed by atoms with van der Waals surface area (Å²) < 4.78 is 22.0. The van der Waals surface area contributed by atoms with E-state index in [1.807, 2.05) is 175 Å². The molecule has 4 rings (SSSR count). The minimum Gasteiger partial charge on any atom is -0.498 e. The van der Waals surface area contributed by atoms with Crippen molar-refractivity contribution in [3.63, 3.8) is 0 Å². The molecule has 0 saturated heterocycles. The van der Waals surface area contributed by atoms with Gasteiger partial charge in [-0.15, -0.1) is 13.2 Å². The van der Waals surface area contributed by atoms with Crippen molar-refractivity contribution in [1.82, 2.24) is 9.88 Å². The SMILES string of the molecule is C/C=C/CC(=O)O.C=CC/C=C/C=C/C.C=CCCO/C(C)=C/C.CC.CN(C)/C=C\C=C\N.O=C(O)COc1ccc(COc2ccc(OCc3ccc4ccccc4n3)cc2)cc1. The van der Waals surface area contributed by atoms with Crippen LogP contribution in [0.2, 0.25) is 0 Å². The predicted molar refractivity (Wildman–Crippen MR) is 270 cm³/mol. The summed E-state index contributed by atoms with van der Waals surface area (Å²) in [6.07, 6.45) is 26.2. The van der Waals surface area contributed by atoms with Crippen LogP contribution in [0, 0.1) is 0 Å². The van der Waals surface area contributed by atoms with Crippen LogP contribution in [0.1, 0.15) is 72.1 Å². The van der Waals surface area contributed by atoms with Crippen molar-refractivity contribution < 1.29 is 38.7 Å². The zero-order chi connectivity index (χ0) is 48.9. The van der Waals surface area contributed by atoms with E-state index < -0.39 is 11.9 Å². The first-order valence-corrected chi connectivity index (χ1v) is 21.4. The summed E-state index contributed by atoms with van der Waals surface area (Å²) in [5.41, 5.74) is 7.84. The first kappa shape index (κ1) is 59.8. The number of fused-ring (bicyclic) bond motifs is 1. The van der Waals surface area contributed by atoms with Crippen LogP contribution in [0.25, 0.3) is 10.9 Å². The van der Waals surface area contributed by atoms with Gasteiger partial charge in [-0.2, -0.15) is 0 Å². The fraction of sp³-hybridized carbons (Fsp3) is 0.278. The van der Waals surface area contributed by atoms with Gasteiger partial charge in [0.05, 0.1) is 30.0 Å². The number of hydrogen-bond acceptors (Lipinski definition) is 9. The Hall–Kier alpha value is -7.27. The number of para-hydroxylation sites is 1. The second kappa shape index (κ2) is 42.1. The Balaban J connectivity index is 0. The third kappa shape index (κ3) is 36.0. The fourth-order valence-electron chi connectivity index (χ4n) is 4.23. The topological polar surface area (TPSA) is 154 Å². The monoisotopic (exact) mass is 892 g/mol. The molecule has 0 aliphatic carbocycles. The molecule has 0 saturated carbocycles. The molecule has 1 aromatic heterocycles. The number of carboxylic acids is 2. The van der Waals surface area contributed by atoms with Gasteiger partial charge >= 0.3 is 11.9 Å². The maximum Gasteiger partial charge on any atom is 0.341 e. The fourth-order valence-corrected chi connectivity index (χ4v) is 4.23. The van der Waals surface area contributed by atoms with Crippen molar-refractivity contribution in [1.29, 1.82) is 0 Å². The molecule has 11 heteroatoms. The molecular weight excluding hydrogens is 819 g/mol. The molecule has 1 heterocycles. The van der Waals surface area contributed by atoms with E-state index in [0.717, 1.165) is 58.9 Å². The Morgan fingerprint density at radius 2 is 1.34 bits per heavy atom. The number of aromatic nitrogens is 1. The van der Waals surface area contributed by atoms with Gasteiger partial charge in [0, 0.05) is 19.5 Å². The predicted octanol–water partition coefficient (Wildman–Crippen LogP) is 12.7. The summed E-state index contributed by atoms with van der Waals surface area (Å²) in [4.78, 5) is 26.8. The molecule has 352 valence electrons. The molecule has 0 aliphatic heterocycles. The summed E-state index contributed by atoms with van der Waals surface area (Å²) in [6, 6.07) is 26.6. The van der Waals surface area contributed by atoms with Crippen molar-refractivity contribution in [2.24, 2.45) is 5.73 Å². The van der Waals surface area contributed by atoms with Crippen LogP contribution >= 0.6 is 0 Å². The smallest absolute Gasteiger partial charge is 0.341 e. The highest BCUT2D eigenvalue weighted by atomic mass is 16.5. The molecule has 0 atom stereocenters. The van der Waals surface area contributed by atoms with Crippen LogP contribution in [0.3, 0.4) is 0 Å². The molecule has 0 amide bonds. The number of aliphatic carboxylic acids is 2. The molecule has 0 spiro atoms. The molecule has 0 unspecified atom stereocenters. The first-order valence-electron chi connectivity index (χ1n) is 21.4. The quantitative estimate of drug-likeness (QED) is 0.0336. The Morgan fingerprint density at radius 1 is 0.723 bits per heavy atom. The van der Waals surface area contributed by atoms with Crippen LogP contribution in [-0.4, -0.2) is 59.3 Å². The van der Waals surface area contributed by atoms with Crippen LogP contribution in [0.5, 0.6) is 17.2 Å². The highest BCUT2D eigenvalue weighted by molar-refractivity contribution is 5.78. The van der Waals surface area contributed by atoms with E-state index in [9.17, 15) is 9.59 Å². The van der Waals surface area contributed by atoms with Gasteiger partial charge < -0.3 is 39.8 Å². The lowest BCUT2D eigenvalue weighted by Gasteiger charge is -2.10. The number of benzene rings is 3. The van der Waals surface area contributed by atoms with Crippen molar-refractivity contribution in [2.75, 3.05) is 27.3 Å². The van der Waals surface area contributed by atoms with Gasteiger partial charge in [0.2, 0.25) is 0 Å². The van der Waals surface area contributed by atoms with Crippen LogP contribution < -0.4 is 19.9 Å². The Labute approximate surface area is 388 Å². The molecule has 0 aliphatic rings. The standard InChI is InChI=1S/C25H21NO5.C8H14O.C8H12.C6H12N2.C5H8O2.C2H6/c27-25(28)17-31-21-9-5-18(6-10-21)15-29-22-11-13-23(14-12-22)30-16-20-8-7-19-3-1-2-4-24(19)26-20;1-4-6-7-9-8(3)5-2;1-3-5-7-8-6-4-2;1-8(2)6-4-3-5-7;1-2-3-4-5(6)7;1-2/h1-14H,15-17H2,(H,27,28);4-5H,1,6-7H2,2-3H3;3-4,6-8H,1,5H2,2H3;3-6H,7H2,1-2H3;2-3H,4H2,1H3,(H,6,7);1-2H3/b;8-5+;6-4+,8-7+;5-3+,6-4-;3-2+;. The molecule has 3 aromatic carbocycles. The normalized spacial score (nSPS) is 10.5. The number of carbonyl (C=O) groups is 2. The summed E-state index contributed by atoms with van der Waals surface area (Å²) >= 11 is 0. The minimum atomic E-state index is -1.01. The van der Waals surface area contributed by atoms with E-state index in [4.69, 9.17) is 34.9 Å². The largest absolute Gasteiger partial charge is 0.498 e. The molecule has 65 heavy (non-hydrogen) atoms. The van der Waals surface area contributed by atoms with E-state index in [0.29, 0.717) is 19.0 Å². The van der Waals surface area contributed by atoms with Gasteiger partial charge in [-0.3, -0.25) is 4.79 Å². The van der Waals surface area contributed by atoms with E-state index in [-0.39, 0.29) is 13.0 Å². The maximum absolute atomic E-state index is 10.5. The number of allylic oxidation sites excluding steroid dienone is 10. The number of nitrogens with zero attached hydrogens (tertiary/aromatic N) is 2. The average Bonchev–Trinajstić information content (AvgIpc) is 3.32. The van der Waals surface area contributed by atoms with E-state index in [2.05, 4.69) is 24.2 Å². The zero-order valence-corrected chi connectivity index (χ0v) is 39.8. The summed E-state index contributed by atoms with van der Waals surface area (Å²) in [6.45, 7) is 20.0. The molecule has 0 radical (unpaired) electrons. The molecule has 4 N–H and O–H groups in total. The second-order valence-electron chi connectivity index (χ2n) is 13.0. The van der Waals surface area contributed by atoms with E-state index in [1.54, 1.807) is 37.3 Å². The lowest BCUT2D eigenvalue weighted by Crippen LogP contribution is -2.09. The lowest BCUT2D eigenvalue weighted by atomic mass is 10.2. The summed E-state index contributed by atoms with van der Waals surface area (Å²) in [5.74, 6) is 1.17. The molecule has 11 nitrogen and oxygen atoms in total. The highest BCUT2D eigenvalue weighted by Gasteiger charge is 2.03. The molecule has 0 fully saturated rings. The summed E-state index contributed by atoms with van der Waals surface area (Å²) in [5, 5.41) is 17.7. The minimum absolute atomic E-state index is 0.135. The second-order valence-corrected chi connectivity index (χ2v) is 13.0. The van der Waals surface area contributed by atoms with Gasteiger partial charge in [-0.1, -0.05) is 105 Å². The Morgan fingerprint density at radius 3 is 1.86 bits per heavy atom. The molecule has 0 bridgehead atoms. The van der Waals surface area contributed by atoms with Crippen LogP contribution in [0.15, 0.2) is 183 Å². The van der Waals surface area contributed by atoms with Crippen LogP contribution in [0.4, 0.5) is 0 Å². The number of hydrogen-bond donors (Lipinski definition) is 3. The third-order valence-electron chi connectivity index (χ3n) is 7.49. The van der Waals surface area contributed by atoms with Gasteiger partial charge in [0.15, 0.2) is 6.61 Å². The maximum atomic E-state index is 10.5. The molecule has 4 aromatic rings. The average molecular weight is 892 g/mol. The van der Waals surface area contributed by atoms with Crippen LogP contribution in [-0.2, 0) is 27.5 Å². The Kier molecular flexibility index (Phi) is 38.7. The number of rotatable bonds is 20. The van der Waals surface area contributed by atoms with Gasteiger partial charge in [0.25, 0.3) is 0 Å². The third-order valence-corrected chi connectivity index (χ3v) is 7.49. The summed E-state index contributed by atoms with van der Waals surface area (Å²) in [7, 11) is 3.92. The number of nitrogens with two attached hydrogens (primary N) is 1. The van der Waals surface area contributed by atoms with Crippen molar-refractivity contribution in [2.45, 2.75) is 74.0 Å². The van der Waals surface area contributed by atoms with E-state index >= 15 is 0 Å². The zero-order valence-electron chi connectivity index (χ0n) is 39.8. The van der Waals surface area contributed by atoms with E-state index in [1.165, 1.54) is 6.20 Å². The Bertz CT molecular complexity index is 2030. The van der Waals surface area contributed by atoms with Gasteiger partial charge in [0.1, 0.15) is 30.5 Å².